The normalized spacial score (nSPS) is 21.1. The molecule has 1 N–H and O–H groups in total. The number of hydrogen-bond acceptors (Lipinski definition) is 4. The highest BCUT2D eigenvalue weighted by Crippen LogP contribution is 2.49. The number of hydrogen-bond donors (Lipinski definition) is 1. The van der Waals surface area contributed by atoms with Crippen LogP contribution in [0.4, 0.5) is 0 Å². The largest absolute Gasteiger partial charge is 0.454 e. The quantitative estimate of drug-likeness (QED) is 0.907. The van der Waals surface area contributed by atoms with Gasteiger partial charge in [-0.15, -0.1) is 0 Å². The highest BCUT2D eigenvalue weighted by molar-refractivity contribution is 9.10. The second-order valence-electron chi connectivity index (χ2n) is 5.11. The van der Waals surface area contributed by atoms with Crippen molar-refractivity contribution >= 4 is 15.9 Å². The first-order valence-corrected chi connectivity index (χ1v) is 7.14. The summed E-state index contributed by atoms with van der Waals surface area (Å²) in [4.78, 5) is 0. The molecular formula is C14H14BrNO3. The Morgan fingerprint density at radius 2 is 2.05 bits per heavy atom. The lowest BCUT2D eigenvalue weighted by molar-refractivity contribution is 0.0669. The SMILES string of the molecule is N#CC1(C(O)c2cc(Br)c3c(c2)OCO3)CCCC1. The first-order valence-electron chi connectivity index (χ1n) is 6.35. The number of aliphatic hydroxyl groups is 1. The molecular weight excluding hydrogens is 310 g/mol. The van der Waals surface area contributed by atoms with Gasteiger partial charge < -0.3 is 14.6 Å². The van der Waals surface area contributed by atoms with E-state index in [0.717, 1.165) is 30.2 Å². The lowest BCUT2D eigenvalue weighted by atomic mass is 9.78. The molecule has 1 saturated carbocycles. The molecule has 1 aromatic carbocycles. The maximum Gasteiger partial charge on any atom is 0.231 e. The number of nitrogens with zero attached hydrogens (tertiary/aromatic N) is 1. The van der Waals surface area contributed by atoms with E-state index in [4.69, 9.17) is 9.47 Å². The van der Waals surface area contributed by atoms with Gasteiger partial charge in [-0.05, 0) is 46.5 Å². The van der Waals surface area contributed by atoms with Crippen LogP contribution in [0, 0.1) is 16.7 Å². The third kappa shape index (κ3) is 1.99. The Hall–Kier alpha value is -1.25. The zero-order valence-corrected chi connectivity index (χ0v) is 11.9. The molecule has 4 nitrogen and oxygen atoms in total. The fraction of sp³-hybridized carbons (Fsp3) is 0.500. The van der Waals surface area contributed by atoms with Crippen LogP contribution >= 0.6 is 15.9 Å². The number of benzene rings is 1. The van der Waals surface area contributed by atoms with Crippen LogP contribution in [0.1, 0.15) is 37.4 Å². The van der Waals surface area contributed by atoms with Crippen molar-refractivity contribution in [1.82, 2.24) is 0 Å². The van der Waals surface area contributed by atoms with Crippen LogP contribution in [0.15, 0.2) is 16.6 Å². The van der Waals surface area contributed by atoms with Crippen LogP contribution in [0.2, 0.25) is 0 Å². The fourth-order valence-electron chi connectivity index (χ4n) is 2.92. The fourth-order valence-corrected chi connectivity index (χ4v) is 3.49. The summed E-state index contributed by atoms with van der Waals surface area (Å²) in [6.45, 7) is 0.191. The predicted octanol–water partition coefficient (Wildman–Crippen LogP) is 3.30. The molecule has 1 fully saturated rings. The molecule has 0 spiro atoms. The first-order chi connectivity index (χ1) is 9.16. The summed E-state index contributed by atoms with van der Waals surface area (Å²) in [7, 11) is 0. The van der Waals surface area contributed by atoms with E-state index < -0.39 is 11.5 Å². The Morgan fingerprint density at radius 1 is 1.32 bits per heavy atom. The van der Waals surface area contributed by atoms with E-state index in [9.17, 15) is 10.4 Å². The predicted molar refractivity (Wildman–Crippen MR) is 71.7 cm³/mol. The standard InChI is InChI=1S/C14H14BrNO3/c15-10-5-9(6-11-12(10)19-8-18-11)13(17)14(7-16)3-1-2-4-14/h5-6,13,17H,1-4,8H2. The molecule has 1 aliphatic heterocycles. The van der Waals surface area contributed by atoms with Crippen molar-refractivity contribution in [2.75, 3.05) is 6.79 Å². The van der Waals surface area contributed by atoms with Gasteiger partial charge in [-0.2, -0.15) is 5.26 Å². The lowest BCUT2D eigenvalue weighted by Crippen LogP contribution is -2.24. The van der Waals surface area contributed by atoms with E-state index >= 15 is 0 Å². The summed E-state index contributed by atoms with van der Waals surface area (Å²) in [5, 5.41) is 20.0. The van der Waals surface area contributed by atoms with Crippen LogP contribution in [-0.4, -0.2) is 11.9 Å². The molecule has 19 heavy (non-hydrogen) atoms. The number of rotatable bonds is 2. The first kappa shape index (κ1) is 12.8. The minimum atomic E-state index is -0.786. The Bertz CT molecular complexity index is 546. The summed E-state index contributed by atoms with van der Waals surface area (Å²) in [5.41, 5.74) is 0.0484. The molecule has 0 aromatic heterocycles. The van der Waals surface area contributed by atoms with Crippen molar-refractivity contribution in [3.8, 4) is 17.6 Å². The maximum atomic E-state index is 10.6. The molecule has 5 heteroatoms. The Morgan fingerprint density at radius 3 is 2.74 bits per heavy atom. The van der Waals surface area contributed by atoms with Crippen LogP contribution < -0.4 is 9.47 Å². The number of fused-ring (bicyclic) bond motifs is 1. The monoisotopic (exact) mass is 323 g/mol. The highest BCUT2D eigenvalue weighted by Gasteiger charge is 2.42. The lowest BCUT2D eigenvalue weighted by Gasteiger charge is -2.27. The molecule has 0 saturated heterocycles. The Balaban J connectivity index is 1.98. The zero-order chi connectivity index (χ0) is 13.5. The van der Waals surface area contributed by atoms with Crippen molar-refractivity contribution in [2.24, 2.45) is 5.41 Å². The Labute approximate surface area is 120 Å². The average molecular weight is 324 g/mol. The number of halogens is 1. The van der Waals surface area contributed by atoms with Gasteiger partial charge in [-0.1, -0.05) is 12.8 Å². The van der Waals surface area contributed by atoms with Gasteiger partial charge in [-0.3, -0.25) is 0 Å². The van der Waals surface area contributed by atoms with Crippen LogP contribution in [-0.2, 0) is 0 Å². The summed E-state index contributed by atoms with van der Waals surface area (Å²) >= 11 is 3.42. The van der Waals surface area contributed by atoms with Gasteiger partial charge in [0.05, 0.1) is 22.1 Å². The zero-order valence-electron chi connectivity index (χ0n) is 10.4. The maximum absolute atomic E-state index is 10.6. The Kier molecular flexibility index (Phi) is 3.15. The van der Waals surface area contributed by atoms with Crippen molar-refractivity contribution < 1.29 is 14.6 Å². The van der Waals surface area contributed by atoms with E-state index in [-0.39, 0.29) is 6.79 Å². The third-order valence-corrected chi connectivity index (χ3v) is 4.60. The van der Waals surface area contributed by atoms with Gasteiger partial charge >= 0.3 is 0 Å². The molecule has 1 aliphatic carbocycles. The smallest absolute Gasteiger partial charge is 0.231 e. The topological polar surface area (TPSA) is 62.5 Å². The van der Waals surface area contributed by atoms with E-state index in [1.54, 1.807) is 6.07 Å². The summed E-state index contributed by atoms with van der Waals surface area (Å²) in [6.07, 6.45) is 2.70. The van der Waals surface area contributed by atoms with Gasteiger partial charge in [0, 0.05) is 0 Å². The van der Waals surface area contributed by atoms with Gasteiger partial charge in [-0.25, -0.2) is 0 Å². The molecule has 1 unspecified atom stereocenters. The van der Waals surface area contributed by atoms with Gasteiger partial charge in [0.2, 0.25) is 6.79 Å². The number of aliphatic hydroxyl groups excluding tert-OH is 1. The summed E-state index contributed by atoms with van der Waals surface area (Å²) in [5.74, 6) is 1.28. The second kappa shape index (κ2) is 4.69. The molecule has 1 atom stereocenters. The second-order valence-corrected chi connectivity index (χ2v) is 5.97. The van der Waals surface area contributed by atoms with E-state index in [2.05, 4.69) is 22.0 Å². The summed E-state index contributed by atoms with van der Waals surface area (Å²) in [6, 6.07) is 5.91. The highest BCUT2D eigenvalue weighted by atomic mass is 79.9. The molecule has 1 heterocycles. The van der Waals surface area contributed by atoms with Crippen molar-refractivity contribution in [3.63, 3.8) is 0 Å². The minimum Gasteiger partial charge on any atom is -0.454 e. The van der Waals surface area contributed by atoms with Crippen LogP contribution in [0.3, 0.4) is 0 Å². The average Bonchev–Trinajstić information content (AvgIpc) is 3.07. The third-order valence-electron chi connectivity index (χ3n) is 4.01. The molecule has 1 aromatic rings. The molecule has 100 valence electrons. The van der Waals surface area contributed by atoms with E-state index in [1.807, 2.05) is 6.07 Å². The van der Waals surface area contributed by atoms with E-state index in [0.29, 0.717) is 17.1 Å². The summed E-state index contributed by atoms with van der Waals surface area (Å²) < 4.78 is 11.4. The number of ether oxygens (including phenoxy) is 2. The van der Waals surface area contributed by atoms with E-state index in [1.165, 1.54) is 0 Å². The minimum absolute atomic E-state index is 0.191. The number of nitriles is 1. The van der Waals surface area contributed by atoms with Crippen LogP contribution in [0.25, 0.3) is 0 Å². The van der Waals surface area contributed by atoms with Gasteiger partial charge in [0.15, 0.2) is 11.5 Å². The molecule has 0 radical (unpaired) electrons. The molecule has 3 rings (SSSR count). The van der Waals surface area contributed by atoms with Crippen molar-refractivity contribution in [3.05, 3.63) is 22.2 Å². The van der Waals surface area contributed by atoms with Crippen molar-refractivity contribution in [2.45, 2.75) is 31.8 Å². The van der Waals surface area contributed by atoms with Gasteiger partial charge in [0.25, 0.3) is 0 Å². The van der Waals surface area contributed by atoms with Crippen LogP contribution in [0.5, 0.6) is 11.5 Å². The molecule has 0 amide bonds. The molecule has 2 aliphatic rings. The van der Waals surface area contributed by atoms with Gasteiger partial charge in [0.1, 0.15) is 0 Å². The van der Waals surface area contributed by atoms with Crippen molar-refractivity contribution in [1.29, 1.82) is 5.26 Å². The molecule has 0 bridgehead atoms.